The molecule has 1 aliphatic rings. The fourth-order valence-electron chi connectivity index (χ4n) is 1.89. The van der Waals surface area contributed by atoms with Gasteiger partial charge in [-0.2, -0.15) is 11.8 Å². The van der Waals surface area contributed by atoms with Crippen LogP contribution in [-0.4, -0.2) is 21.3 Å². The second-order valence-corrected chi connectivity index (χ2v) is 5.35. The number of carboxylic acids is 1. The fraction of sp³-hybridized carbons (Fsp3) is 0.500. The van der Waals surface area contributed by atoms with Gasteiger partial charge in [-0.1, -0.05) is 12.8 Å². The molecule has 1 N–H and O–H groups in total. The third-order valence-corrected chi connectivity index (χ3v) is 4.25. The highest BCUT2D eigenvalue weighted by Gasteiger charge is 2.15. The molecule has 1 aromatic heterocycles. The van der Waals surface area contributed by atoms with Gasteiger partial charge in [0.1, 0.15) is 0 Å². The van der Waals surface area contributed by atoms with Crippen LogP contribution in [0.15, 0.2) is 18.3 Å². The van der Waals surface area contributed by atoms with E-state index >= 15 is 0 Å². The molecule has 1 aromatic rings. The molecule has 86 valence electrons. The van der Waals surface area contributed by atoms with Crippen molar-refractivity contribution in [3.05, 3.63) is 29.6 Å². The lowest BCUT2D eigenvalue weighted by molar-refractivity contribution is 0.0696. The topological polar surface area (TPSA) is 50.2 Å². The molecule has 0 bridgehead atoms. The molecular formula is C12H15NO2S. The molecule has 4 heteroatoms. The van der Waals surface area contributed by atoms with Crippen LogP contribution in [0.3, 0.4) is 0 Å². The van der Waals surface area contributed by atoms with Gasteiger partial charge in [0.05, 0.1) is 11.3 Å². The van der Waals surface area contributed by atoms with E-state index in [9.17, 15) is 4.79 Å². The number of aromatic nitrogens is 1. The first-order valence-electron chi connectivity index (χ1n) is 5.55. The van der Waals surface area contributed by atoms with Crippen LogP contribution < -0.4 is 0 Å². The van der Waals surface area contributed by atoms with Gasteiger partial charge in [-0.25, -0.2) is 4.79 Å². The van der Waals surface area contributed by atoms with E-state index in [1.165, 1.54) is 31.9 Å². The lowest BCUT2D eigenvalue weighted by atomic mass is 10.2. The quantitative estimate of drug-likeness (QED) is 0.874. The molecule has 16 heavy (non-hydrogen) atoms. The summed E-state index contributed by atoms with van der Waals surface area (Å²) in [5, 5.41) is 9.51. The Kier molecular flexibility index (Phi) is 3.83. The van der Waals surface area contributed by atoms with Gasteiger partial charge in [-0.3, -0.25) is 4.98 Å². The van der Waals surface area contributed by atoms with E-state index in [2.05, 4.69) is 4.98 Å². The number of rotatable bonds is 4. The summed E-state index contributed by atoms with van der Waals surface area (Å²) in [6, 6.07) is 3.44. The Balaban J connectivity index is 1.87. The van der Waals surface area contributed by atoms with Crippen LogP contribution in [0.4, 0.5) is 0 Å². The lowest BCUT2D eigenvalue weighted by Gasteiger charge is -2.07. The van der Waals surface area contributed by atoms with Crippen LogP contribution in [0.1, 0.15) is 41.7 Å². The molecule has 0 unspecified atom stereocenters. The zero-order valence-corrected chi connectivity index (χ0v) is 9.87. The Labute approximate surface area is 99.3 Å². The molecule has 0 saturated heterocycles. The second-order valence-electron chi connectivity index (χ2n) is 4.06. The highest BCUT2D eigenvalue weighted by atomic mass is 32.2. The summed E-state index contributed by atoms with van der Waals surface area (Å²) < 4.78 is 0. The maximum atomic E-state index is 10.6. The summed E-state index contributed by atoms with van der Waals surface area (Å²) in [7, 11) is 0. The molecule has 1 fully saturated rings. The molecular weight excluding hydrogens is 222 g/mol. The highest BCUT2D eigenvalue weighted by Crippen LogP contribution is 2.31. The minimum Gasteiger partial charge on any atom is -0.478 e. The molecule has 0 radical (unpaired) electrons. The standard InChI is InChI=1S/C12H15NO2S/c14-12(15)9-5-6-10(13-7-9)8-16-11-3-1-2-4-11/h5-7,11H,1-4,8H2,(H,14,15). The largest absolute Gasteiger partial charge is 0.478 e. The summed E-state index contributed by atoms with van der Waals surface area (Å²) in [4.78, 5) is 14.8. The highest BCUT2D eigenvalue weighted by molar-refractivity contribution is 7.99. The van der Waals surface area contributed by atoms with Crippen molar-refractivity contribution in [3.8, 4) is 0 Å². The average Bonchev–Trinajstić information content (AvgIpc) is 2.80. The van der Waals surface area contributed by atoms with Gasteiger partial charge in [0.15, 0.2) is 0 Å². The SMILES string of the molecule is O=C(O)c1ccc(CSC2CCCC2)nc1. The second kappa shape index (κ2) is 5.34. The molecule has 1 aliphatic carbocycles. The number of carboxylic acid groups (broad SMARTS) is 1. The Morgan fingerprint density at radius 3 is 2.75 bits per heavy atom. The summed E-state index contributed by atoms with van der Waals surface area (Å²) in [5.74, 6) is -0.0209. The fourth-order valence-corrected chi connectivity index (χ4v) is 3.14. The van der Waals surface area contributed by atoms with Crippen molar-refractivity contribution >= 4 is 17.7 Å². The van der Waals surface area contributed by atoms with E-state index in [0.29, 0.717) is 0 Å². The van der Waals surface area contributed by atoms with Crippen molar-refractivity contribution < 1.29 is 9.90 Å². The predicted octanol–water partition coefficient (Wildman–Crippen LogP) is 2.96. The monoisotopic (exact) mass is 237 g/mol. The minimum absolute atomic E-state index is 0.259. The van der Waals surface area contributed by atoms with Gasteiger partial charge in [-0.15, -0.1) is 0 Å². The lowest BCUT2D eigenvalue weighted by Crippen LogP contribution is -1.99. The molecule has 1 heterocycles. The van der Waals surface area contributed by atoms with Gasteiger partial charge < -0.3 is 5.11 Å². The van der Waals surface area contributed by atoms with Gasteiger partial charge >= 0.3 is 5.97 Å². The molecule has 0 aromatic carbocycles. The predicted molar refractivity (Wildman–Crippen MR) is 64.7 cm³/mol. The van der Waals surface area contributed by atoms with E-state index < -0.39 is 5.97 Å². The summed E-state index contributed by atoms with van der Waals surface area (Å²) in [5.41, 5.74) is 1.23. The van der Waals surface area contributed by atoms with Gasteiger partial charge in [-0.05, 0) is 25.0 Å². The molecule has 1 saturated carbocycles. The summed E-state index contributed by atoms with van der Waals surface area (Å²) in [6.07, 6.45) is 6.77. The number of hydrogen-bond donors (Lipinski definition) is 1. The maximum Gasteiger partial charge on any atom is 0.337 e. The summed E-state index contributed by atoms with van der Waals surface area (Å²) >= 11 is 1.94. The Morgan fingerprint density at radius 1 is 1.44 bits per heavy atom. The first-order valence-corrected chi connectivity index (χ1v) is 6.60. The van der Waals surface area contributed by atoms with E-state index in [-0.39, 0.29) is 5.56 Å². The molecule has 0 aliphatic heterocycles. The zero-order valence-electron chi connectivity index (χ0n) is 9.06. The molecule has 2 rings (SSSR count). The van der Waals surface area contributed by atoms with E-state index in [0.717, 1.165) is 16.7 Å². The third-order valence-electron chi connectivity index (χ3n) is 2.84. The van der Waals surface area contributed by atoms with Crippen molar-refractivity contribution in [2.45, 2.75) is 36.7 Å². The van der Waals surface area contributed by atoms with Crippen LogP contribution in [0.2, 0.25) is 0 Å². The molecule has 3 nitrogen and oxygen atoms in total. The van der Waals surface area contributed by atoms with E-state index in [1.54, 1.807) is 6.07 Å². The van der Waals surface area contributed by atoms with Crippen LogP contribution >= 0.6 is 11.8 Å². The maximum absolute atomic E-state index is 10.6. The van der Waals surface area contributed by atoms with Crippen molar-refractivity contribution in [1.82, 2.24) is 4.98 Å². The Bertz CT molecular complexity index is 358. The summed E-state index contributed by atoms with van der Waals surface area (Å²) in [6.45, 7) is 0. The van der Waals surface area contributed by atoms with Crippen molar-refractivity contribution in [2.75, 3.05) is 0 Å². The smallest absolute Gasteiger partial charge is 0.337 e. The van der Waals surface area contributed by atoms with Crippen LogP contribution in [0.5, 0.6) is 0 Å². The first kappa shape index (κ1) is 11.5. The third kappa shape index (κ3) is 2.98. The molecule has 0 atom stereocenters. The normalized spacial score (nSPS) is 16.5. The van der Waals surface area contributed by atoms with Gasteiger partial charge in [0.2, 0.25) is 0 Å². The number of thioether (sulfide) groups is 1. The van der Waals surface area contributed by atoms with Crippen molar-refractivity contribution in [2.24, 2.45) is 0 Å². The Morgan fingerprint density at radius 2 is 2.19 bits per heavy atom. The average molecular weight is 237 g/mol. The van der Waals surface area contributed by atoms with E-state index in [1.807, 2.05) is 17.8 Å². The van der Waals surface area contributed by atoms with Gasteiger partial charge in [0, 0.05) is 17.2 Å². The van der Waals surface area contributed by atoms with Crippen LogP contribution in [-0.2, 0) is 5.75 Å². The number of pyridine rings is 1. The molecule has 0 amide bonds. The van der Waals surface area contributed by atoms with Crippen molar-refractivity contribution in [1.29, 1.82) is 0 Å². The number of aromatic carboxylic acids is 1. The number of hydrogen-bond acceptors (Lipinski definition) is 3. The minimum atomic E-state index is -0.914. The van der Waals surface area contributed by atoms with Crippen molar-refractivity contribution in [3.63, 3.8) is 0 Å². The van der Waals surface area contributed by atoms with E-state index in [4.69, 9.17) is 5.11 Å². The number of carbonyl (C=O) groups is 1. The molecule has 0 spiro atoms. The van der Waals surface area contributed by atoms with Crippen LogP contribution in [0.25, 0.3) is 0 Å². The number of nitrogens with zero attached hydrogens (tertiary/aromatic N) is 1. The zero-order chi connectivity index (χ0) is 11.4. The van der Waals surface area contributed by atoms with Gasteiger partial charge in [0.25, 0.3) is 0 Å². The first-order chi connectivity index (χ1) is 7.75. The van der Waals surface area contributed by atoms with Crippen LogP contribution in [0, 0.1) is 0 Å². The Hall–Kier alpha value is -1.03.